The first-order chi connectivity index (χ1) is 8.37. The first kappa shape index (κ1) is 11.9. The molecular formula is C12H15F2NO3. The third-order valence-corrected chi connectivity index (χ3v) is 4.53. The van der Waals surface area contributed by atoms with Gasteiger partial charge in [0.25, 0.3) is 5.92 Å². The minimum atomic E-state index is -2.74. The average molecular weight is 259 g/mol. The second-order valence-corrected chi connectivity index (χ2v) is 5.57. The molecule has 0 N–H and O–H groups in total. The van der Waals surface area contributed by atoms with E-state index >= 15 is 0 Å². The van der Waals surface area contributed by atoms with Crippen LogP contribution >= 0.6 is 0 Å². The zero-order valence-electron chi connectivity index (χ0n) is 10.2. The smallest absolute Gasteiger partial charge is 0.332 e. The molecule has 0 aromatic heterocycles. The minimum Gasteiger partial charge on any atom is -0.464 e. The number of nitrogens with zero attached hydrogens (tertiary/aromatic N) is 1. The second kappa shape index (κ2) is 3.22. The van der Waals surface area contributed by atoms with E-state index in [9.17, 15) is 18.4 Å². The summed E-state index contributed by atoms with van der Waals surface area (Å²) in [4.78, 5) is 25.2. The van der Waals surface area contributed by atoms with E-state index in [4.69, 9.17) is 4.74 Å². The van der Waals surface area contributed by atoms with Gasteiger partial charge in [0.2, 0.25) is 5.91 Å². The first-order valence-corrected chi connectivity index (χ1v) is 6.22. The van der Waals surface area contributed by atoms with Crippen LogP contribution in [0.15, 0.2) is 0 Å². The monoisotopic (exact) mass is 259 g/mol. The number of hydrogen-bond acceptors (Lipinski definition) is 3. The molecule has 0 radical (unpaired) electrons. The Morgan fingerprint density at radius 2 is 2.11 bits per heavy atom. The van der Waals surface area contributed by atoms with Crippen LogP contribution < -0.4 is 0 Å². The maximum Gasteiger partial charge on any atom is 0.332 e. The van der Waals surface area contributed by atoms with Gasteiger partial charge in [-0.05, 0) is 19.8 Å². The lowest BCUT2D eigenvalue weighted by Crippen LogP contribution is -2.48. The summed E-state index contributed by atoms with van der Waals surface area (Å²) >= 11 is 0. The van der Waals surface area contributed by atoms with Crippen LogP contribution in [0.1, 0.15) is 32.6 Å². The third-order valence-electron chi connectivity index (χ3n) is 4.53. The van der Waals surface area contributed by atoms with Crippen molar-refractivity contribution in [1.29, 1.82) is 0 Å². The van der Waals surface area contributed by atoms with Crippen LogP contribution in [0, 0.1) is 5.41 Å². The van der Waals surface area contributed by atoms with Gasteiger partial charge in [0.05, 0.1) is 12.0 Å². The van der Waals surface area contributed by atoms with Gasteiger partial charge in [-0.15, -0.1) is 0 Å². The molecule has 0 unspecified atom stereocenters. The van der Waals surface area contributed by atoms with Crippen molar-refractivity contribution in [1.82, 2.24) is 4.90 Å². The summed E-state index contributed by atoms with van der Waals surface area (Å²) in [5, 5.41) is 0. The van der Waals surface area contributed by atoms with Gasteiger partial charge in [-0.1, -0.05) is 0 Å². The number of alkyl halides is 2. The largest absolute Gasteiger partial charge is 0.464 e. The lowest BCUT2D eigenvalue weighted by Gasteiger charge is -2.28. The molecule has 0 bridgehead atoms. The molecule has 18 heavy (non-hydrogen) atoms. The molecule has 1 amide bonds. The predicted octanol–water partition coefficient (Wildman–Crippen LogP) is 1.34. The number of carbonyl (C=O) groups excluding carboxylic acids is 2. The van der Waals surface area contributed by atoms with Crippen LogP contribution in [0.3, 0.4) is 0 Å². The number of amides is 1. The molecule has 2 heterocycles. The summed E-state index contributed by atoms with van der Waals surface area (Å²) in [6, 6.07) is 0. The fraction of sp³-hybridized carbons (Fsp3) is 0.833. The number of ether oxygens (including phenoxy) is 1. The molecular weight excluding hydrogens is 244 g/mol. The summed E-state index contributed by atoms with van der Waals surface area (Å²) in [5.74, 6) is -3.46. The number of hydrogen-bond donors (Lipinski definition) is 0. The number of halogens is 2. The van der Waals surface area contributed by atoms with E-state index in [0.29, 0.717) is 6.42 Å². The SMILES string of the molecule is CCOC(=O)[C@@]12CCC(=O)N1C[C@@]1(CC1(F)F)C2. The Morgan fingerprint density at radius 3 is 2.67 bits per heavy atom. The maximum atomic E-state index is 13.5. The molecule has 1 aliphatic carbocycles. The molecule has 100 valence electrons. The molecule has 0 aromatic carbocycles. The lowest BCUT2D eigenvalue weighted by atomic mass is 9.88. The predicted molar refractivity (Wildman–Crippen MR) is 56.9 cm³/mol. The fourth-order valence-electron chi connectivity index (χ4n) is 3.46. The fourth-order valence-corrected chi connectivity index (χ4v) is 3.46. The molecule has 3 aliphatic rings. The Bertz CT molecular complexity index is 439. The van der Waals surface area contributed by atoms with Crippen molar-refractivity contribution >= 4 is 11.9 Å². The van der Waals surface area contributed by atoms with Crippen LogP contribution in [-0.2, 0) is 14.3 Å². The lowest BCUT2D eigenvalue weighted by molar-refractivity contribution is -0.157. The molecule has 1 spiro atoms. The van der Waals surface area contributed by atoms with E-state index in [1.165, 1.54) is 4.90 Å². The highest BCUT2D eigenvalue weighted by Crippen LogP contribution is 2.69. The van der Waals surface area contributed by atoms with E-state index in [2.05, 4.69) is 0 Å². The van der Waals surface area contributed by atoms with E-state index in [-0.39, 0.29) is 38.3 Å². The first-order valence-electron chi connectivity index (χ1n) is 6.22. The molecule has 4 nitrogen and oxygen atoms in total. The summed E-state index contributed by atoms with van der Waals surface area (Å²) in [5.41, 5.74) is -2.29. The Balaban J connectivity index is 1.92. The summed E-state index contributed by atoms with van der Waals surface area (Å²) in [6.07, 6.45) is 0.394. The van der Waals surface area contributed by atoms with Crippen molar-refractivity contribution in [2.45, 2.75) is 44.1 Å². The van der Waals surface area contributed by atoms with Crippen LogP contribution in [0.25, 0.3) is 0 Å². The van der Waals surface area contributed by atoms with E-state index < -0.39 is 22.8 Å². The van der Waals surface area contributed by atoms with Crippen molar-refractivity contribution in [2.24, 2.45) is 5.41 Å². The Morgan fingerprint density at radius 1 is 1.44 bits per heavy atom. The Labute approximate surface area is 103 Å². The summed E-state index contributed by atoms with van der Waals surface area (Å²) in [7, 11) is 0. The van der Waals surface area contributed by atoms with Crippen molar-refractivity contribution in [2.75, 3.05) is 13.2 Å². The van der Waals surface area contributed by atoms with Gasteiger partial charge in [0.15, 0.2) is 0 Å². The molecule has 0 aromatic rings. The molecule has 6 heteroatoms. The number of esters is 1. The minimum absolute atomic E-state index is 0.00233. The van der Waals surface area contributed by atoms with Gasteiger partial charge in [-0.25, -0.2) is 13.6 Å². The van der Waals surface area contributed by atoms with Crippen LogP contribution in [0.2, 0.25) is 0 Å². The van der Waals surface area contributed by atoms with Gasteiger partial charge in [0.1, 0.15) is 5.54 Å². The summed E-state index contributed by atoms with van der Waals surface area (Å²) in [6.45, 7) is 1.87. The van der Waals surface area contributed by atoms with Gasteiger partial charge in [-0.2, -0.15) is 0 Å². The zero-order valence-corrected chi connectivity index (χ0v) is 10.2. The van der Waals surface area contributed by atoms with Crippen LogP contribution in [0.4, 0.5) is 8.78 Å². The molecule has 3 rings (SSSR count). The number of carbonyl (C=O) groups is 2. The van der Waals surface area contributed by atoms with E-state index in [1.54, 1.807) is 6.92 Å². The highest BCUT2D eigenvalue weighted by atomic mass is 19.3. The molecule has 2 atom stereocenters. The number of rotatable bonds is 2. The van der Waals surface area contributed by atoms with Crippen molar-refractivity contribution in [3.05, 3.63) is 0 Å². The van der Waals surface area contributed by atoms with Crippen LogP contribution in [0.5, 0.6) is 0 Å². The highest BCUT2D eigenvalue weighted by Gasteiger charge is 2.79. The average Bonchev–Trinajstić information content (AvgIpc) is 2.60. The molecule has 3 fully saturated rings. The van der Waals surface area contributed by atoms with Crippen molar-refractivity contribution in [3.8, 4) is 0 Å². The van der Waals surface area contributed by atoms with Gasteiger partial charge >= 0.3 is 5.97 Å². The molecule has 1 saturated carbocycles. The summed E-state index contributed by atoms with van der Waals surface area (Å²) < 4.78 is 31.9. The maximum absolute atomic E-state index is 13.5. The quantitative estimate of drug-likeness (QED) is 0.703. The zero-order chi connectivity index (χ0) is 13.2. The van der Waals surface area contributed by atoms with Gasteiger partial charge in [-0.3, -0.25) is 4.79 Å². The standard InChI is InChI=1S/C12H15F2NO3/c1-2-18-9(17)11-4-3-8(16)15(11)7-10(5-11)6-12(10,13)14/h2-7H2,1H3/t10-,11-/m0/s1. The van der Waals surface area contributed by atoms with Gasteiger partial charge < -0.3 is 9.64 Å². The van der Waals surface area contributed by atoms with Crippen LogP contribution in [-0.4, -0.2) is 41.4 Å². The van der Waals surface area contributed by atoms with Gasteiger partial charge in [0, 0.05) is 19.4 Å². The third kappa shape index (κ3) is 1.23. The highest BCUT2D eigenvalue weighted by molar-refractivity contribution is 5.93. The topological polar surface area (TPSA) is 46.6 Å². The molecule has 2 aliphatic heterocycles. The van der Waals surface area contributed by atoms with Crippen molar-refractivity contribution in [3.63, 3.8) is 0 Å². The van der Waals surface area contributed by atoms with Crippen molar-refractivity contribution < 1.29 is 23.1 Å². The Kier molecular flexibility index (Phi) is 2.12. The molecule has 2 saturated heterocycles. The number of fused-ring (bicyclic) bond motifs is 1. The normalized spacial score (nSPS) is 40.2. The van der Waals surface area contributed by atoms with E-state index in [0.717, 1.165) is 0 Å². The van der Waals surface area contributed by atoms with E-state index in [1.807, 2.05) is 0 Å². The second-order valence-electron chi connectivity index (χ2n) is 5.57. The Hall–Kier alpha value is -1.20.